The molecule has 1 saturated carbocycles. The Morgan fingerprint density at radius 1 is 1.00 bits per heavy atom. The summed E-state index contributed by atoms with van der Waals surface area (Å²) in [4.78, 5) is 4.36. The fourth-order valence-corrected chi connectivity index (χ4v) is 5.27. The molecule has 1 aliphatic heterocycles. The third-order valence-electron chi connectivity index (χ3n) is 7.51. The molecule has 34 heavy (non-hydrogen) atoms. The highest BCUT2D eigenvalue weighted by Gasteiger charge is 2.46. The maximum Gasteiger partial charge on any atom is 0.0485 e. The zero-order valence-corrected chi connectivity index (χ0v) is 20.6. The van der Waals surface area contributed by atoms with Crippen LogP contribution in [-0.2, 0) is 6.42 Å². The van der Waals surface area contributed by atoms with Crippen molar-refractivity contribution in [3.63, 3.8) is 0 Å². The second-order valence-electron chi connectivity index (χ2n) is 10.2. The van der Waals surface area contributed by atoms with Gasteiger partial charge < -0.3 is 10.6 Å². The third-order valence-corrected chi connectivity index (χ3v) is 7.51. The normalized spacial score (nSPS) is 17.0. The van der Waals surface area contributed by atoms with Crippen molar-refractivity contribution in [1.82, 2.24) is 15.6 Å². The van der Waals surface area contributed by atoms with E-state index in [1.165, 1.54) is 59.3 Å². The Balaban J connectivity index is 1.36. The van der Waals surface area contributed by atoms with Gasteiger partial charge >= 0.3 is 0 Å². The molecule has 0 radical (unpaired) electrons. The van der Waals surface area contributed by atoms with E-state index in [-0.39, 0.29) is 6.04 Å². The van der Waals surface area contributed by atoms with Gasteiger partial charge in [-0.1, -0.05) is 73.2 Å². The van der Waals surface area contributed by atoms with Gasteiger partial charge in [0.15, 0.2) is 0 Å². The van der Waals surface area contributed by atoms with Gasteiger partial charge in [0.05, 0.1) is 0 Å². The number of hydrogen-bond acceptors (Lipinski definition) is 3. The summed E-state index contributed by atoms with van der Waals surface area (Å²) in [5.41, 5.74) is 11.9. The highest BCUT2D eigenvalue weighted by molar-refractivity contribution is 5.83. The molecule has 3 nitrogen and oxygen atoms in total. The molecule has 2 N–H and O–H groups in total. The molecule has 3 aromatic rings. The number of nitrogens with one attached hydrogen (secondary N) is 2. The summed E-state index contributed by atoms with van der Waals surface area (Å²) in [7, 11) is 0. The maximum atomic E-state index is 4.36. The second-order valence-corrected chi connectivity index (χ2v) is 10.2. The lowest BCUT2D eigenvalue weighted by Gasteiger charge is -2.52. The molecule has 0 bridgehead atoms. The van der Waals surface area contributed by atoms with E-state index < -0.39 is 0 Å². The SMILES string of the molecule is C=C(NC(C)c1ccc(C(=C2CC3(CNC3)C2)c2ccc(C)cc2)cc1)c1cncc(CC)c1. The molecule has 1 atom stereocenters. The Kier molecular flexibility index (Phi) is 6.14. The van der Waals surface area contributed by atoms with E-state index in [9.17, 15) is 0 Å². The van der Waals surface area contributed by atoms with Crippen molar-refractivity contribution in [2.75, 3.05) is 13.1 Å². The molecule has 0 amide bonds. The Morgan fingerprint density at radius 2 is 1.65 bits per heavy atom. The lowest BCUT2D eigenvalue weighted by molar-refractivity contribution is 0.113. The zero-order valence-electron chi connectivity index (χ0n) is 20.6. The largest absolute Gasteiger partial charge is 0.378 e. The van der Waals surface area contributed by atoms with Crippen LogP contribution >= 0.6 is 0 Å². The molecular weight excluding hydrogens is 414 g/mol. The average molecular weight is 450 g/mol. The number of pyridine rings is 1. The highest BCUT2D eigenvalue weighted by Crippen LogP contribution is 2.51. The smallest absolute Gasteiger partial charge is 0.0485 e. The predicted octanol–water partition coefficient (Wildman–Crippen LogP) is 6.46. The molecule has 2 fully saturated rings. The van der Waals surface area contributed by atoms with Crippen LogP contribution in [0.1, 0.15) is 66.1 Å². The van der Waals surface area contributed by atoms with Crippen LogP contribution in [0.5, 0.6) is 0 Å². The first-order valence-electron chi connectivity index (χ1n) is 12.5. The summed E-state index contributed by atoms with van der Waals surface area (Å²) >= 11 is 0. The van der Waals surface area contributed by atoms with Crippen LogP contribution in [0.25, 0.3) is 11.3 Å². The summed E-state index contributed by atoms with van der Waals surface area (Å²) in [6.07, 6.45) is 7.21. The van der Waals surface area contributed by atoms with Crippen molar-refractivity contribution >= 4 is 11.3 Å². The first-order valence-corrected chi connectivity index (χ1v) is 12.5. The number of benzene rings is 2. The van der Waals surface area contributed by atoms with Crippen molar-refractivity contribution in [3.8, 4) is 0 Å². The molecule has 2 heterocycles. The summed E-state index contributed by atoms with van der Waals surface area (Å²) in [6, 6.07) is 20.4. The summed E-state index contributed by atoms with van der Waals surface area (Å²) in [6.45, 7) is 13.1. The fourth-order valence-electron chi connectivity index (χ4n) is 5.27. The maximum absolute atomic E-state index is 4.36. The second kappa shape index (κ2) is 9.23. The Bertz CT molecular complexity index is 1200. The minimum atomic E-state index is 0.162. The van der Waals surface area contributed by atoms with E-state index in [0.717, 1.165) is 17.7 Å². The first kappa shape index (κ1) is 22.6. The topological polar surface area (TPSA) is 37.0 Å². The highest BCUT2D eigenvalue weighted by atomic mass is 15.0. The summed E-state index contributed by atoms with van der Waals surface area (Å²) < 4.78 is 0. The van der Waals surface area contributed by atoms with Gasteiger partial charge in [-0.2, -0.15) is 0 Å². The van der Waals surface area contributed by atoms with Crippen LogP contribution in [-0.4, -0.2) is 18.1 Å². The number of aromatic nitrogens is 1. The van der Waals surface area contributed by atoms with Crippen molar-refractivity contribution < 1.29 is 0 Å². The van der Waals surface area contributed by atoms with Crippen LogP contribution in [0.2, 0.25) is 0 Å². The van der Waals surface area contributed by atoms with E-state index in [4.69, 9.17) is 0 Å². The van der Waals surface area contributed by atoms with E-state index in [0.29, 0.717) is 5.41 Å². The van der Waals surface area contributed by atoms with Crippen LogP contribution in [0.15, 0.2) is 79.1 Å². The monoisotopic (exact) mass is 449 g/mol. The number of hydrogen-bond donors (Lipinski definition) is 2. The molecule has 3 heteroatoms. The van der Waals surface area contributed by atoms with E-state index in [1.807, 2.05) is 12.4 Å². The van der Waals surface area contributed by atoms with Gasteiger partial charge in [-0.3, -0.25) is 4.98 Å². The van der Waals surface area contributed by atoms with Gasteiger partial charge in [-0.25, -0.2) is 0 Å². The molecule has 1 aliphatic carbocycles. The quantitative estimate of drug-likeness (QED) is 0.435. The average Bonchev–Trinajstić information content (AvgIpc) is 2.81. The molecular formula is C31H35N3. The van der Waals surface area contributed by atoms with E-state index in [2.05, 4.69) is 97.6 Å². The van der Waals surface area contributed by atoms with Crippen LogP contribution in [0.4, 0.5) is 0 Å². The van der Waals surface area contributed by atoms with E-state index in [1.54, 1.807) is 5.57 Å². The molecule has 2 aliphatic rings. The Morgan fingerprint density at radius 3 is 2.24 bits per heavy atom. The Labute approximate surface area is 204 Å². The molecule has 174 valence electrons. The van der Waals surface area contributed by atoms with Gasteiger partial charge in [0, 0.05) is 48.2 Å². The summed E-state index contributed by atoms with van der Waals surface area (Å²) in [5, 5.41) is 7.03. The molecule has 1 saturated heterocycles. The van der Waals surface area contributed by atoms with Crippen molar-refractivity contribution in [2.45, 2.75) is 46.1 Å². The number of nitrogens with zero attached hydrogens (tertiary/aromatic N) is 1. The van der Waals surface area contributed by atoms with Crippen LogP contribution in [0, 0.1) is 12.3 Å². The van der Waals surface area contributed by atoms with Gasteiger partial charge in [0.1, 0.15) is 0 Å². The minimum absolute atomic E-state index is 0.162. The standard InChI is InChI=1S/C31H35N3/c1-5-24-14-28(18-32-17-24)23(4)34-22(3)25-10-12-27(13-11-25)30(26-8-6-21(2)7-9-26)29-15-31(16-29)19-33-20-31/h6-14,17-18,22,33-34H,4-5,15-16,19-20H2,1-3H3. The van der Waals surface area contributed by atoms with Crippen LogP contribution < -0.4 is 10.6 Å². The fraction of sp³-hybridized carbons (Fsp3) is 0.323. The van der Waals surface area contributed by atoms with Gasteiger partial charge in [0.25, 0.3) is 0 Å². The third kappa shape index (κ3) is 4.45. The predicted molar refractivity (Wildman–Crippen MR) is 142 cm³/mol. The lowest BCUT2D eigenvalue weighted by atomic mass is 9.60. The zero-order chi connectivity index (χ0) is 23.7. The lowest BCUT2D eigenvalue weighted by Crippen LogP contribution is -2.58. The van der Waals surface area contributed by atoms with E-state index >= 15 is 0 Å². The van der Waals surface area contributed by atoms with Gasteiger partial charge in [-0.15, -0.1) is 0 Å². The number of rotatable bonds is 7. The molecule has 1 unspecified atom stereocenters. The molecule has 1 spiro atoms. The number of aryl methyl sites for hydroxylation is 2. The number of allylic oxidation sites excluding steroid dienone is 1. The summed E-state index contributed by atoms with van der Waals surface area (Å²) in [5.74, 6) is 0. The van der Waals surface area contributed by atoms with Crippen molar-refractivity contribution in [2.24, 2.45) is 5.41 Å². The van der Waals surface area contributed by atoms with Crippen LogP contribution in [0.3, 0.4) is 0 Å². The van der Waals surface area contributed by atoms with Crippen molar-refractivity contribution in [3.05, 3.63) is 113 Å². The van der Waals surface area contributed by atoms with Crippen molar-refractivity contribution in [1.29, 1.82) is 0 Å². The first-order chi connectivity index (χ1) is 16.5. The molecule has 5 rings (SSSR count). The van der Waals surface area contributed by atoms with Gasteiger partial charge in [0.2, 0.25) is 0 Å². The van der Waals surface area contributed by atoms with Gasteiger partial charge in [-0.05, 0) is 67.0 Å². The molecule has 1 aromatic heterocycles. The minimum Gasteiger partial charge on any atom is -0.378 e. The Hall–Kier alpha value is -3.17. The molecule has 2 aromatic carbocycles.